The highest BCUT2D eigenvalue weighted by molar-refractivity contribution is 5.90. The highest BCUT2D eigenvalue weighted by Gasteiger charge is 2.22. The molecule has 1 aliphatic rings. The molecule has 0 aliphatic carbocycles. The molecule has 1 atom stereocenters. The molecule has 1 aromatic carbocycles. The molecule has 0 bridgehead atoms. The van der Waals surface area contributed by atoms with Crippen LogP contribution in [-0.4, -0.2) is 55.4 Å². The number of amides is 2. The van der Waals surface area contributed by atoms with Crippen LogP contribution >= 0.6 is 0 Å². The van der Waals surface area contributed by atoms with Crippen LogP contribution in [0, 0.1) is 0 Å². The number of hydrogen-bond donors (Lipinski definition) is 1. The Kier molecular flexibility index (Phi) is 7.58. The summed E-state index contributed by atoms with van der Waals surface area (Å²) in [4.78, 5) is 18.8. The lowest BCUT2D eigenvalue weighted by Gasteiger charge is -2.25. The molecule has 1 saturated heterocycles. The van der Waals surface area contributed by atoms with E-state index in [0.29, 0.717) is 19.7 Å². The third-order valence-electron chi connectivity index (χ3n) is 4.57. The van der Waals surface area contributed by atoms with E-state index in [4.69, 9.17) is 9.47 Å². The Labute approximate surface area is 166 Å². The molecule has 2 aromatic rings. The number of urea groups is 1. The number of nitrogens with one attached hydrogen (secondary N) is 1. The monoisotopic (exact) mass is 381 g/mol. The van der Waals surface area contributed by atoms with Crippen LogP contribution in [0.5, 0.6) is 0 Å². The Balaban J connectivity index is 1.63. The van der Waals surface area contributed by atoms with Crippen molar-refractivity contribution in [2.75, 3.05) is 38.7 Å². The minimum Gasteiger partial charge on any atom is -0.383 e. The number of methoxy groups -OCH3 is 1. The molecule has 1 aromatic heterocycles. The van der Waals surface area contributed by atoms with Crippen molar-refractivity contribution in [2.45, 2.75) is 18.9 Å². The van der Waals surface area contributed by atoms with Gasteiger partial charge in [0.15, 0.2) is 0 Å². The van der Waals surface area contributed by atoms with Crippen LogP contribution in [0.2, 0.25) is 0 Å². The summed E-state index contributed by atoms with van der Waals surface area (Å²) < 4.78 is 10.8. The van der Waals surface area contributed by atoms with Gasteiger partial charge in [0, 0.05) is 38.7 Å². The summed E-state index contributed by atoms with van der Waals surface area (Å²) in [7, 11) is 1.64. The van der Waals surface area contributed by atoms with Gasteiger partial charge < -0.3 is 19.7 Å². The zero-order chi connectivity index (χ0) is 19.6. The quantitative estimate of drug-likeness (QED) is 0.753. The van der Waals surface area contributed by atoms with E-state index in [1.807, 2.05) is 54.6 Å². The van der Waals surface area contributed by atoms with Crippen molar-refractivity contribution < 1.29 is 14.3 Å². The van der Waals surface area contributed by atoms with Gasteiger partial charge in [-0.25, -0.2) is 4.79 Å². The van der Waals surface area contributed by atoms with Gasteiger partial charge in [0.05, 0.1) is 18.4 Å². The van der Waals surface area contributed by atoms with E-state index in [-0.39, 0.29) is 12.1 Å². The van der Waals surface area contributed by atoms with Gasteiger partial charge in [-0.2, -0.15) is 0 Å². The first-order valence-corrected chi connectivity index (χ1v) is 9.60. The van der Waals surface area contributed by atoms with Gasteiger partial charge >= 0.3 is 6.03 Å². The lowest BCUT2D eigenvalue weighted by Crippen LogP contribution is -2.42. The van der Waals surface area contributed by atoms with Crippen molar-refractivity contribution in [3.8, 4) is 0 Å². The van der Waals surface area contributed by atoms with Crippen LogP contribution in [0.3, 0.4) is 0 Å². The van der Waals surface area contributed by atoms with Gasteiger partial charge in [-0.3, -0.25) is 4.98 Å². The van der Waals surface area contributed by atoms with E-state index in [0.717, 1.165) is 36.4 Å². The van der Waals surface area contributed by atoms with Gasteiger partial charge in [0.25, 0.3) is 0 Å². The van der Waals surface area contributed by atoms with Crippen LogP contribution < -0.4 is 5.32 Å². The van der Waals surface area contributed by atoms with Gasteiger partial charge in [0.2, 0.25) is 0 Å². The van der Waals surface area contributed by atoms with E-state index in [9.17, 15) is 4.79 Å². The second kappa shape index (κ2) is 10.6. The molecule has 1 N–H and O–H groups in total. The van der Waals surface area contributed by atoms with Gasteiger partial charge in [-0.05, 0) is 48.7 Å². The number of anilines is 1. The SMILES string of the molecule is COCCN(C[C@@H]1CCCO1)C(=O)Nc1cccc(/C=C/c2ccccn2)c1. The van der Waals surface area contributed by atoms with E-state index in [1.54, 1.807) is 18.2 Å². The number of benzene rings is 1. The Morgan fingerprint density at radius 3 is 3.00 bits per heavy atom. The molecule has 28 heavy (non-hydrogen) atoms. The van der Waals surface area contributed by atoms with E-state index >= 15 is 0 Å². The van der Waals surface area contributed by atoms with E-state index < -0.39 is 0 Å². The number of carbonyl (C=O) groups excluding carboxylic acids is 1. The molecule has 148 valence electrons. The van der Waals surface area contributed by atoms with Crippen molar-refractivity contribution in [1.29, 1.82) is 0 Å². The van der Waals surface area contributed by atoms with Crippen molar-refractivity contribution in [3.63, 3.8) is 0 Å². The van der Waals surface area contributed by atoms with E-state index in [1.165, 1.54) is 0 Å². The van der Waals surface area contributed by atoms with Crippen LogP contribution in [0.25, 0.3) is 12.2 Å². The number of nitrogens with zero attached hydrogens (tertiary/aromatic N) is 2. The summed E-state index contributed by atoms with van der Waals surface area (Å²) in [6.45, 7) is 2.37. The predicted octanol–water partition coefficient (Wildman–Crippen LogP) is 3.91. The summed E-state index contributed by atoms with van der Waals surface area (Å²) in [6.07, 6.45) is 7.84. The summed E-state index contributed by atoms with van der Waals surface area (Å²) in [6, 6.07) is 13.4. The number of pyridine rings is 1. The molecule has 1 fully saturated rings. The van der Waals surface area contributed by atoms with Gasteiger partial charge in [-0.15, -0.1) is 0 Å². The number of carbonyl (C=O) groups is 1. The Hall–Kier alpha value is -2.70. The maximum atomic E-state index is 12.8. The molecular formula is C22H27N3O3. The number of hydrogen-bond acceptors (Lipinski definition) is 4. The van der Waals surface area contributed by atoms with Crippen molar-refractivity contribution in [1.82, 2.24) is 9.88 Å². The van der Waals surface area contributed by atoms with Crippen LogP contribution in [0.4, 0.5) is 10.5 Å². The first-order chi connectivity index (χ1) is 13.7. The average molecular weight is 381 g/mol. The number of aromatic nitrogens is 1. The summed E-state index contributed by atoms with van der Waals surface area (Å²) in [5.74, 6) is 0. The summed E-state index contributed by atoms with van der Waals surface area (Å²) >= 11 is 0. The highest BCUT2D eigenvalue weighted by atomic mass is 16.5. The molecule has 0 radical (unpaired) electrons. The first-order valence-electron chi connectivity index (χ1n) is 9.60. The fourth-order valence-corrected chi connectivity index (χ4v) is 3.09. The standard InChI is InChI=1S/C22H27N3O3/c1-27-15-13-25(17-21-9-5-14-28-21)22(26)24-20-8-4-6-18(16-20)10-11-19-7-2-3-12-23-19/h2-4,6-8,10-12,16,21H,5,9,13-15,17H2,1H3,(H,24,26)/b11-10+/t21-/m0/s1. The fraction of sp³-hybridized carbons (Fsp3) is 0.364. The Bertz CT molecular complexity index is 774. The predicted molar refractivity (Wildman–Crippen MR) is 111 cm³/mol. The van der Waals surface area contributed by atoms with E-state index in [2.05, 4.69) is 10.3 Å². The highest BCUT2D eigenvalue weighted by Crippen LogP contribution is 2.16. The fourth-order valence-electron chi connectivity index (χ4n) is 3.09. The molecule has 6 heteroatoms. The summed E-state index contributed by atoms with van der Waals surface area (Å²) in [5, 5.41) is 2.99. The largest absolute Gasteiger partial charge is 0.383 e. The molecule has 1 aliphatic heterocycles. The first kappa shape index (κ1) is 20.0. The average Bonchev–Trinajstić information content (AvgIpc) is 3.24. The van der Waals surface area contributed by atoms with Crippen LogP contribution in [-0.2, 0) is 9.47 Å². The molecule has 0 saturated carbocycles. The van der Waals surface area contributed by atoms with Gasteiger partial charge in [-0.1, -0.05) is 24.3 Å². The van der Waals surface area contributed by atoms with Gasteiger partial charge in [0.1, 0.15) is 0 Å². The maximum Gasteiger partial charge on any atom is 0.322 e. The second-order valence-corrected chi connectivity index (χ2v) is 6.72. The molecule has 6 nitrogen and oxygen atoms in total. The van der Waals surface area contributed by atoms with Crippen molar-refractivity contribution in [3.05, 3.63) is 59.9 Å². The summed E-state index contributed by atoms with van der Waals surface area (Å²) in [5.41, 5.74) is 2.63. The van der Waals surface area contributed by atoms with Crippen molar-refractivity contribution >= 4 is 23.9 Å². The molecule has 0 spiro atoms. The van der Waals surface area contributed by atoms with Crippen LogP contribution in [0.1, 0.15) is 24.1 Å². The maximum absolute atomic E-state index is 12.8. The topological polar surface area (TPSA) is 63.7 Å². The Morgan fingerprint density at radius 2 is 2.25 bits per heavy atom. The smallest absolute Gasteiger partial charge is 0.322 e. The minimum absolute atomic E-state index is 0.107. The lowest BCUT2D eigenvalue weighted by atomic mass is 10.1. The number of rotatable bonds is 8. The third kappa shape index (κ3) is 6.18. The minimum atomic E-state index is -0.140. The zero-order valence-corrected chi connectivity index (χ0v) is 16.2. The molecule has 2 amide bonds. The van der Waals surface area contributed by atoms with Crippen LogP contribution in [0.15, 0.2) is 48.7 Å². The Morgan fingerprint density at radius 1 is 1.32 bits per heavy atom. The second-order valence-electron chi connectivity index (χ2n) is 6.72. The normalized spacial score (nSPS) is 16.4. The molecule has 0 unspecified atom stereocenters. The molecule has 2 heterocycles. The number of ether oxygens (including phenoxy) is 2. The van der Waals surface area contributed by atoms with Crippen molar-refractivity contribution in [2.24, 2.45) is 0 Å². The lowest BCUT2D eigenvalue weighted by molar-refractivity contribution is 0.0747. The third-order valence-corrected chi connectivity index (χ3v) is 4.57. The molecular weight excluding hydrogens is 354 g/mol. The zero-order valence-electron chi connectivity index (χ0n) is 16.2. The molecule has 3 rings (SSSR count).